The van der Waals surface area contributed by atoms with Gasteiger partial charge in [-0.25, -0.2) is 4.98 Å². The van der Waals surface area contributed by atoms with Gasteiger partial charge in [-0.3, -0.25) is 14.9 Å². The predicted octanol–water partition coefficient (Wildman–Crippen LogP) is 1.19. The molecule has 0 aliphatic carbocycles. The molecule has 1 heterocycles. The van der Waals surface area contributed by atoms with Crippen molar-refractivity contribution in [1.29, 1.82) is 5.26 Å². The van der Waals surface area contributed by atoms with Crippen LogP contribution in [-0.2, 0) is 4.79 Å². The molecule has 8 nitrogen and oxygen atoms in total. The Morgan fingerprint density at radius 1 is 1.60 bits per heavy atom. The summed E-state index contributed by atoms with van der Waals surface area (Å²) in [5.41, 5.74) is -0.173. The van der Waals surface area contributed by atoms with Gasteiger partial charge >= 0.3 is 5.69 Å². The Morgan fingerprint density at radius 2 is 2.30 bits per heavy atom. The van der Waals surface area contributed by atoms with Gasteiger partial charge in [0.1, 0.15) is 6.07 Å². The van der Waals surface area contributed by atoms with Gasteiger partial charge in [0.2, 0.25) is 11.7 Å². The molecule has 0 atom stereocenters. The minimum Gasteiger partial charge on any atom is -0.364 e. The molecule has 1 aromatic heterocycles. The summed E-state index contributed by atoms with van der Waals surface area (Å²) < 4.78 is 0. The van der Waals surface area contributed by atoms with Crippen molar-refractivity contribution in [2.75, 3.05) is 11.9 Å². The van der Waals surface area contributed by atoms with Crippen molar-refractivity contribution in [2.24, 2.45) is 0 Å². The van der Waals surface area contributed by atoms with Crippen molar-refractivity contribution in [1.82, 2.24) is 10.3 Å². The van der Waals surface area contributed by atoms with E-state index in [0.717, 1.165) is 6.07 Å². The van der Waals surface area contributed by atoms with Crippen molar-refractivity contribution in [3.05, 3.63) is 27.9 Å². The van der Waals surface area contributed by atoms with E-state index in [-0.39, 0.29) is 42.0 Å². The van der Waals surface area contributed by atoms with E-state index in [1.54, 1.807) is 6.07 Å². The summed E-state index contributed by atoms with van der Waals surface area (Å²) in [5.74, 6) is -0.102. The Hall–Kier alpha value is -2.69. The van der Waals surface area contributed by atoms with Crippen molar-refractivity contribution in [3.8, 4) is 6.07 Å². The van der Waals surface area contributed by atoms with Gasteiger partial charge in [0, 0.05) is 31.3 Å². The maximum atomic E-state index is 11.4. The topological polar surface area (TPSA) is 121 Å². The van der Waals surface area contributed by atoms with E-state index in [1.807, 2.05) is 13.8 Å². The van der Waals surface area contributed by atoms with Crippen molar-refractivity contribution < 1.29 is 9.72 Å². The number of nitrogens with zero attached hydrogens (tertiary/aromatic N) is 3. The van der Waals surface area contributed by atoms with Crippen LogP contribution in [0.25, 0.3) is 0 Å². The van der Waals surface area contributed by atoms with E-state index in [9.17, 15) is 14.9 Å². The molecule has 0 radical (unpaired) electrons. The number of nitriles is 1. The summed E-state index contributed by atoms with van der Waals surface area (Å²) in [5, 5.41) is 25.0. The molecule has 106 valence electrons. The van der Waals surface area contributed by atoms with E-state index < -0.39 is 4.92 Å². The maximum absolute atomic E-state index is 11.4. The first kappa shape index (κ1) is 15.4. The third kappa shape index (κ3) is 4.53. The summed E-state index contributed by atoms with van der Waals surface area (Å²) in [6.07, 6.45) is 1.42. The smallest absolute Gasteiger partial charge is 0.312 e. The summed E-state index contributed by atoms with van der Waals surface area (Å²) in [6, 6.07) is 2.98. The van der Waals surface area contributed by atoms with Gasteiger partial charge in [0.05, 0.1) is 10.5 Å². The summed E-state index contributed by atoms with van der Waals surface area (Å²) >= 11 is 0. The molecule has 2 N–H and O–H groups in total. The SMILES string of the molecule is CC(C)NC(=O)CCNc1ncc(C#N)cc1[N+](=O)[O-]. The van der Waals surface area contributed by atoms with Crippen LogP contribution in [0.3, 0.4) is 0 Å². The van der Waals surface area contributed by atoms with Crippen molar-refractivity contribution in [2.45, 2.75) is 26.3 Å². The number of carbonyl (C=O) groups is 1. The number of hydrogen-bond acceptors (Lipinski definition) is 6. The lowest BCUT2D eigenvalue weighted by Gasteiger charge is -2.09. The van der Waals surface area contributed by atoms with Gasteiger partial charge in [0.15, 0.2) is 0 Å². The fourth-order valence-corrected chi connectivity index (χ4v) is 1.48. The van der Waals surface area contributed by atoms with Crippen LogP contribution in [0.5, 0.6) is 0 Å². The van der Waals surface area contributed by atoms with Crippen LogP contribution < -0.4 is 10.6 Å². The van der Waals surface area contributed by atoms with E-state index in [4.69, 9.17) is 5.26 Å². The van der Waals surface area contributed by atoms with E-state index in [1.165, 1.54) is 6.20 Å². The molecule has 0 bridgehead atoms. The molecular weight excluding hydrogens is 262 g/mol. The number of amides is 1. The highest BCUT2D eigenvalue weighted by Gasteiger charge is 2.16. The number of hydrogen-bond donors (Lipinski definition) is 2. The fourth-order valence-electron chi connectivity index (χ4n) is 1.48. The summed E-state index contributed by atoms with van der Waals surface area (Å²) in [4.78, 5) is 25.5. The van der Waals surface area contributed by atoms with Crippen LogP contribution in [0.2, 0.25) is 0 Å². The normalized spacial score (nSPS) is 9.90. The number of aromatic nitrogens is 1. The molecule has 0 saturated heterocycles. The van der Waals surface area contributed by atoms with Gasteiger partial charge in [-0.2, -0.15) is 5.26 Å². The minimum absolute atomic E-state index is 0.0462. The highest BCUT2D eigenvalue weighted by Crippen LogP contribution is 2.22. The molecule has 20 heavy (non-hydrogen) atoms. The molecule has 1 rings (SSSR count). The molecule has 1 amide bonds. The summed E-state index contributed by atoms with van der Waals surface area (Å²) in [7, 11) is 0. The Labute approximate surface area is 116 Å². The Balaban J connectivity index is 2.67. The van der Waals surface area contributed by atoms with E-state index in [2.05, 4.69) is 15.6 Å². The highest BCUT2D eigenvalue weighted by atomic mass is 16.6. The second-order valence-corrected chi connectivity index (χ2v) is 4.36. The number of carbonyl (C=O) groups excluding carboxylic acids is 1. The molecule has 0 fully saturated rings. The van der Waals surface area contributed by atoms with E-state index in [0.29, 0.717) is 0 Å². The van der Waals surface area contributed by atoms with Gasteiger partial charge in [-0.1, -0.05) is 0 Å². The number of pyridine rings is 1. The van der Waals surface area contributed by atoms with Crippen LogP contribution in [-0.4, -0.2) is 28.4 Å². The number of nitrogens with one attached hydrogen (secondary N) is 2. The minimum atomic E-state index is -0.621. The largest absolute Gasteiger partial charge is 0.364 e. The first-order valence-electron chi connectivity index (χ1n) is 6.01. The van der Waals surface area contributed by atoms with Crippen LogP contribution in [0.15, 0.2) is 12.3 Å². The Morgan fingerprint density at radius 3 is 2.85 bits per heavy atom. The lowest BCUT2D eigenvalue weighted by Crippen LogP contribution is -2.31. The average Bonchev–Trinajstić information content (AvgIpc) is 2.37. The molecule has 0 aliphatic rings. The van der Waals surface area contributed by atoms with Gasteiger partial charge in [-0.15, -0.1) is 0 Å². The van der Waals surface area contributed by atoms with Crippen LogP contribution in [0.4, 0.5) is 11.5 Å². The molecule has 0 aromatic carbocycles. The zero-order valence-corrected chi connectivity index (χ0v) is 11.2. The Kier molecular flexibility index (Phi) is 5.41. The second kappa shape index (κ2) is 7.04. The number of nitro groups is 1. The van der Waals surface area contributed by atoms with Crippen LogP contribution >= 0.6 is 0 Å². The van der Waals surface area contributed by atoms with Gasteiger partial charge in [-0.05, 0) is 13.8 Å². The third-order valence-corrected chi connectivity index (χ3v) is 2.29. The van der Waals surface area contributed by atoms with Gasteiger partial charge < -0.3 is 10.6 Å². The number of anilines is 1. The fraction of sp³-hybridized carbons (Fsp3) is 0.417. The van der Waals surface area contributed by atoms with E-state index >= 15 is 0 Å². The highest BCUT2D eigenvalue weighted by molar-refractivity contribution is 5.76. The Bertz CT molecular complexity index is 551. The standard InChI is InChI=1S/C12H15N5O3/c1-8(2)16-11(18)3-4-14-12-10(17(19)20)5-9(6-13)7-15-12/h5,7-8H,3-4H2,1-2H3,(H,14,15)(H,16,18). The second-order valence-electron chi connectivity index (χ2n) is 4.36. The first-order chi connectivity index (χ1) is 9.43. The first-order valence-corrected chi connectivity index (χ1v) is 6.01. The quantitative estimate of drug-likeness (QED) is 0.595. The zero-order chi connectivity index (χ0) is 15.1. The monoisotopic (exact) mass is 277 g/mol. The molecule has 0 spiro atoms. The zero-order valence-electron chi connectivity index (χ0n) is 11.2. The molecule has 1 aromatic rings. The van der Waals surface area contributed by atoms with Gasteiger partial charge in [0.25, 0.3) is 0 Å². The predicted molar refractivity (Wildman–Crippen MR) is 72.0 cm³/mol. The molecular formula is C12H15N5O3. The van der Waals surface area contributed by atoms with Crippen LogP contribution in [0.1, 0.15) is 25.8 Å². The van der Waals surface area contributed by atoms with Crippen molar-refractivity contribution >= 4 is 17.4 Å². The summed E-state index contributed by atoms with van der Waals surface area (Å²) in [6.45, 7) is 3.91. The van der Waals surface area contributed by atoms with Crippen LogP contribution in [0, 0.1) is 21.4 Å². The third-order valence-electron chi connectivity index (χ3n) is 2.29. The molecule has 0 saturated carbocycles. The molecule has 8 heteroatoms. The van der Waals surface area contributed by atoms with Crippen molar-refractivity contribution in [3.63, 3.8) is 0 Å². The lowest BCUT2D eigenvalue weighted by molar-refractivity contribution is -0.384. The number of rotatable bonds is 6. The molecule has 0 aliphatic heterocycles. The maximum Gasteiger partial charge on any atom is 0.312 e. The lowest BCUT2D eigenvalue weighted by atomic mass is 10.2. The molecule has 0 unspecified atom stereocenters. The average molecular weight is 277 g/mol.